The number of piperidine rings is 1. The van der Waals surface area contributed by atoms with E-state index >= 15 is 0 Å². The summed E-state index contributed by atoms with van der Waals surface area (Å²) >= 11 is 3.94. The molecule has 0 saturated carbocycles. The summed E-state index contributed by atoms with van der Waals surface area (Å²) in [5.41, 5.74) is 0. The van der Waals surface area contributed by atoms with E-state index in [4.69, 9.17) is 9.73 Å². The minimum absolute atomic E-state index is 0.236. The smallest absolute Gasteiger partial charge is 0.191 e. The molecule has 0 bridgehead atoms. The molecule has 2 aliphatic rings. The van der Waals surface area contributed by atoms with E-state index in [1.807, 2.05) is 11.3 Å². The molecule has 2 aliphatic heterocycles. The predicted molar refractivity (Wildman–Crippen MR) is 127 cm³/mol. The lowest BCUT2D eigenvalue weighted by molar-refractivity contribution is 0.0793. The van der Waals surface area contributed by atoms with Gasteiger partial charge in [-0.1, -0.05) is 13.0 Å². The normalized spacial score (nSPS) is 25.7. The second-order valence-electron chi connectivity index (χ2n) is 8.15. The first-order chi connectivity index (χ1) is 14.2. The molecule has 3 heterocycles. The van der Waals surface area contributed by atoms with Gasteiger partial charge in [0.05, 0.1) is 6.54 Å². The van der Waals surface area contributed by atoms with Gasteiger partial charge in [0.15, 0.2) is 5.96 Å². The zero-order valence-electron chi connectivity index (χ0n) is 18.3. The van der Waals surface area contributed by atoms with Crippen molar-refractivity contribution in [3.8, 4) is 0 Å². The molecule has 2 unspecified atom stereocenters. The number of hydrogen-bond donors (Lipinski definition) is 2. The van der Waals surface area contributed by atoms with E-state index in [1.54, 1.807) is 0 Å². The summed E-state index contributed by atoms with van der Waals surface area (Å²) in [6.45, 7) is 10.0. The molecule has 0 aliphatic carbocycles. The molecule has 1 aromatic rings. The number of guanidine groups is 1. The standard InChI is InChI=1S/C22H38N4OS2/c1-4-23-21(25-17-22(29-5-2)10-13-27-14-11-22)24-16-18-8-6-12-26(3)20(18)19-9-7-15-28-19/h7,9,15,18,20H,4-6,8,10-14,16-17H2,1-3H3,(H2,23,24,25). The van der Waals surface area contributed by atoms with Crippen molar-refractivity contribution in [1.82, 2.24) is 15.5 Å². The van der Waals surface area contributed by atoms with Crippen LogP contribution in [0.3, 0.4) is 0 Å². The van der Waals surface area contributed by atoms with E-state index in [2.05, 4.69) is 65.7 Å². The van der Waals surface area contributed by atoms with Crippen LogP contribution in [0.25, 0.3) is 0 Å². The minimum atomic E-state index is 0.236. The average Bonchev–Trinajstić information content (AvgIpc) is 3.25. The van der Waals surface area contributed by atoms with Crippen molar-refractivity contribution in [3.63, 3.8) is 0 Å². The topological polar surface area (TPSA) is 48.9 Å². The van der Waals surface area contributed by atoms with Crippen LogP contribution in [0.5, 0.6) is 0 Å². The maximum Gasteiger partial charge on any atom is 0.191 e. The molecule has 164 valence electrons. The van der Waals surface area contributed by atoms with Gasteiger partial charge in [-0.15, -0.1) is 11.3 Å². The van der Waals surface area contributed by atoms with Crippen molar-refractivity contribution in [2.45, 2.75) is 50.3 Å². The Morgan fingerprint density at radius 3 is 2.86 bits per heavy atom. The molecule has 5 nitrogen and oxygen atoms in total. The first-order valence-electron chi connectivity index (χ1n) is 11.1. The number of thiophene rings is 1. The van der Waals surface area contributed by atoms with E-state index in [-0.39, 0.29) is 4.75 Å². The maximum absolute atomic E-state index is 5.61. The number of likely N-dealkylation sites (tertiary alicyclic amines) is 1. The van der Waals surface area contributed by atoms with Crippen molar-refractivity contribution < 1.29 is 4.74 Å². The molecule has 2 N–H and O–H groups in total. The highest BCUT2D eigenvalue weighted by Crippen LogP contribution is 2.37. The number of nitrogens with zero attached hydrogens (tertiary/aromatic N) is 2. The summed E-state index contributed by atoms with van der Waals surface area (Å²) in [4.78, 5) is 9.04. The Morgan fingerprint density at radius 1 is 1.34 bits per heavy atom. The molecule has 0 aromatic carbocycles. The van der Waals surface area contributed by atoms with Crippen molar-refractivity contribution in [2.24, 2.45) is 10.9 Å². The molecule has 0 radical (unpaired) electrons. The fourth-order valence-electron chi connectivity index (χ4n) is 4.57. The van der Waals surface area contributed by atoms with Gasteiger partial charge in [0.2, 0.25) is 0 Å². The molecule has 2 fully saturated rings. The quantitative estimate of drug-likeness (QED) is 0.475. The molecule has 2 atom stereocenters. The van der Waals surface area contributed by atoms with Gasteiger partial charge in [-0.2, -0.15) is 11.8 Å². The SMILES string of the molecule is CCNC(=NCC1(SCC)CCOCC1)NCC1CCCN(C)C1c1cccs1. The molecule has 3 rings (SSSR count). The Morgan fingerprint density at radius 2 is 2.17 bits per heavy atom. The molecule has 1 aromatic heterocycles. The largest absolute Gasteiger partial charge is 0.381 e. The molecule has 7 heteroatoms. The lowest BCUT2D eigenvalue weighted by Crippen LogP contribution is -2.45. The first-order valence-corrected chi connectivity index (χ1v) is 13.0. The number of hydrogen-bond acceptors (Lipinski definition) is 5. The molecule has 2 saturated heterocycles. The van der Waals surface area contributed by atoms with Gasteiger partial charge >= 0.3 is 0 Å². The van der Waals surface area contributed by atoms with Crippen LogP contribution >= 0.6 is 23.1 Å². The molecular weight excluding hydrogens is 400 g/mol. The lowest BCUT2D eigenvalue weighted by atomic mass is 9.88. The molecular formula is C22H38N4OS2. The third-order valence-corrected chi connectivity index (χ3v) is 8.48. The van der Waals surface area contributed by atoms with Gasteiger partial charge in [-0.3, -0.25) is 9.89 Å². The minimum Gasteiger partial charge on any atom is -0.381 e. The van der Waals surface area contributed by atoms with Gasteiger partial charge in [0.25, 0.3) is 0 Å². The van der Waals surface area contributed by atoms with Crippen LogP contribution in [-0.4, -0.2) is 67.8 Å². The Hall–Kier alpha value is -0.760. The van der Waals surface area contributed by atoms with Crippen LogP contribution in [0.4, 0.5) is 0 Å². The summed E-state index contributed by atoms with van der Waals surface area (Å²) in [7, 11) is 2.27. The highest BCUT2D eigenvalue weighted by atomic mass is 32.2. The molecule has 0 amide bonds. The summed E-state index contributed by atoms with van der Waals surface area (Å²) in [5.74, 6) is 2.71. The van der Waals surface area contributed by atoms with Gasteiger partial charge < -0.3 is 15.4 Å². The zero-order chi connectivity index (χ0) is 20.5. The van der Waals surface area contributed by atoms with Crippen LogP contribution in [0.1, 0.15) is 50.4 Å². The molecule has 0 spiro atoms. The second kappa shape index (κ2) is 11.6. The number of ether oxygens (including phenoxy) is 1. The summed E-state index contributed by atoms with van der Waals surface area (Å²) in [5, 5.41) is 9.35. The highest BCUT2D eigenvalue weighted by molar-refractivity contribution is 8.00. The second-order valence-corrected chi connectivity index (χ2v) is 10.9. The first kappa shape index (κ1) is 22.9. The van der Waals surface area contributed by atoms with E-state index in [0.717, 1.165) is 57.4 Å². The van der Waals surface area contributed by atoms with Crippen molar-refractivity contribution in [3.05, 3.63) is 22.4 Å². The maximum atomic E-state index is 5.61. The summed E-state index contributed by atoms with van der Waals surface area (Å²) < 4.78 is 5.85. The van der Waals surface area contributed by atoms with Crippen molar-refractivity contribution >= 4 is 29.1 Å². The van der Waals surface area contributed by atoms with Gasteiger partial charge in [-0.05, 0) is 69.3 Å². The lowest BCUT2D eigenvalue weighted by Gasteiger charge is -2.39. The van der Waals surface area contributed by atoms with Crippen molar-refractivity contribution in [1.29, 1.82) is 0 Å². The third kappa shape index (κ3) is 6.36. The van der Waals surface area contributed by atoms with Gasteiger partial charge in [0.1, 0.15) is 0 Å². The van der Waals surface area contributed by atoms with E-state index in [9.17, 15) is 0 Å². The van der Waals surface area contributed by atoms with E-state index < -0.39 is 0 Å². The van der Waals surface area contributed by atoms with Crippen LogP contribution in [0.2, 0.25) is 0 Å². The van der Waals surface area contributed by atoms with E-state index in [0.29, 0.717) is 12.0 Å². The number of thioether (sulfide) groups is 1. The third-order valence-electron chi connectivity index (χ3n) is 6.10. The Bertz CT molecular complexity index is 611. The number of rotatable bonds is 8. The Labute approximate surface area is 185 Å². The summed E-state index contributed by atoms with van der Waals surface area (Å²) in [6, 6.07) is 4.98. The fourth-order valence-corrected chi connectivity index (χ4v) is 6.78. The molecule has 29 heavy (non-hydrogen) atoms. The fraction of sp³-hybridized carbons (Fsp3) is 0.773. The monoisotopic (exact) mass is 438 g/mol. The van der Waals surface area contributed by atoms with Crippen LogP contribution in [0.15, 0.2) is 22.5 Å². The number of aliphatic imine (C=N–C) groups is 1. The average molecular weight is 439 g/mol. The van der Waals surface area contributed by atoms with E-state index in [1.165, 1.54) is 24.3 Å². The summed E-state index contributed by atoms with van der Waals surface area (Å²) in [6.07, 6.45) is 4.74. The van der Waals surface area contributed by atoms with Gasteiger partial charge in [-0.25, -0.2) is 0 Å². The Kier molecular flexibility index (Phi) is 9.15. The van der Waals surface area contributed by atoms with Crippen molar-refractivity contribution in [2.75, 3.05) is 52.2 Å². The Balaban J connectivity index is 1.64. The predicted octanol–water partition coefficient (Wildman–Crippen LogP) is 3.99. The van der Waals surface area contributed by atoms with Crippen LogP contribution < -0.4 is 10.6 Å². The number of nitrogens with one attached hydrogen (secondary N) is 2. The van der Waals surface area contributed by atoms with Crippen LogP contribution in [0, 0.1) is 5.92 Å². The highest BCUT2D eigenvalue weighted by Gasteiger charge is 2.33. The van der Waals surface area contributed by atoms with Gasteiger partial charge in [0, 0.05) is 42.0 Å². The zero-order valence-corrected chi connectivity index (χ0v) is 19.9. The van der Waals surface area contributed by atoms with Crippen LogP contribution in [-0.2, 0) is 4.74 Å².